The second-order valence-electron chi connectivity index (χ2n) is 8.35. The summed E-state index contributed by atoms with van der Waals surface area (Å²) in [6, 6.07) is 26.5. The van der Waals surface area contributed by atoms with Gasteiger partial charge < -0.3 is 9.88 Å². The number of rotatable bonds is 7. The third kappa shape index (κ3) is 4.75. The van der Waals surface area contributed by atoms with E-state index >= 15 is 0 Å². The fourth-order valence-corrected chi connectivity index (χ4v) is 4.24. The van der Waals surface area contributed by atoms with Crippen molar-refractivity contribution in [1.82, 2.24) is 9.88 Å². The monoisotopic (exact) mass is 456 g/mol. The van der Waals surface area contributed by atoms with E-state index < -0.39 is 11.6 Å². The smallest absolute Gasteiger partial charge is 0.130 e. The SMILES string of the molecule is Fc1ccc(-c2ccc3c(c2)c(CNCc2ccc(F)cc2F)cn3Cc2ccccc2)cc1. The zero-order valence-corrected chi connectivity index (χ0v) is 18.4. The molecule has 0 fully saturated rings. The van der Waals surface area contributed by atoms with Crippen LogP contribution in [0.4, 0.5) is 13.2 Å². The Morgan fingerprint density at radius 3 is 2.12 bits per heavy atom. The molecule has 170 valence electrons. The van der Waals surface area contributed by atoms with Crippen molar-refractivity contribution >= 4 is 10.9 Å². The highest BCUT2D eigenvalue weighted by atomic mass is 19.1. The fraction of sp³-hybridized carbons (Fsp3) is 0.103. The molecule has 0 atom stereocenters. The van der Waals surface area contributed by atoms with Gasteiger partial charge in [0, 0.05) is 48.4 Å². The Hall–Kier alpha value is -3.83. The van der Waals surface area contributed by atoms with E-state index in [-0.39, 0.29) is 12.4 Å². The Bertz CT molecular complexity index is 1420. The molecule has 34 heavy (non-hydrogen) atoms. The van der Waals surface area contributed by atoms with Crippen molar-refractivity contribution < 1.29 is 13.2 Å². The molecule has 0 spiro atoms. The minimum Gasteiger partial charge on any atom is -0.343 e. The first-order valence-electron chi connectivity index (χ1n) is 11.1. The van der Waals surface area contributed by atoms with Gasteiger partial charge in [-0.1, -0.05) is 54.6 Å². The maximum Gasteiger partial charge on any atom is 0.130 e. The quantitative estimate of drug-likeness (QED) is 0.277. The lowest BCUT2D eigenvalue weighted by molar-refractivity contribution is 0.560. The second kappa shape index (κ2) is 9.57. The number of nitrogens with one attached hydrogen (secondary N) is 1. The Kier molecular flexibility index (Phi) is 6.19. The largest absolute Gasteiger partial charge is 0.343 e. The molecule has 0 unspecified atom stereocenters. The zero-order chi connectivity index (χ0) is 23.5. The van der Waals surface area contributed by atoms with Gasteiger partial charge >= 0.3 is 0 Å². The number of fused-ring (bicyclic) bond motifs is 1. The average Bonchev–Trinajstić information content (AvgIpc) is 3.18. The molecule has 0 aliphatic rings. The molecule has 0 bridgehead atoms. The molecular weight excluding hydrogens is 433 g/mol. The van der Waals surface area contributed by atoms with Crippen LogP contribution in [0.25, 0.3) is 22.0 Å². The average molecular weight is 457 g/mol. The highest BCUT2D eigenvalue weighted by molar-refractivity contribution is 5.88. The van der Waals surface area contributed by atoms with Crippen LogP contribution < -0.4 is 5.32 Å². The van der Waals surface area contributed by atoms with Gasteiger partial charge in [-0.15, -0.1) is 0 Å². The number of benzene rings is 4. The van der Waals surface area contributed by atoms with Crippen LogP contribution in [0.2, 0.25) is 0 Å². The third-order valence-corrected chi connectivity index (χ3v) is 5.98. The summed E-state index contributed by atoms with van der Waals surface area (Å²) in [6.07, 6.45) is 2.11. The first kappa shape index (κ1) is 22.0. The van der Waals surface area contributed by atoms with Gasteiger partial charge in [0.25, 0.3) is 0 Å². The Balaban J connectivity index is 1.47. The van der Waals surface area contributed by atoms with E-state index in [0.717, 1.165) is 40.2 Å². The summed E-state index contributed by atoms with van der Waals surface area (Å²) < 4.78 is 42.8. The van der Waals surface area contributed by atoms with Gasteiger partial charge in [-0.25, -0.2) is 13.2 Å². The molecular formula is C29H23F3N2. The van der Waals surface area contributed by atoms with Crippen molar-refractivity contribution in [3.8, 4) is 11.1 Å². The molecule has 0 radical (unpaired) electrons. The maximum atomic E-state index is 14.0. The van der Waals surface area contributed by atoms with Crippen LogP contribution >= 0.6 is 0 Å². The van der Waals surface area contributed by atoms with Crippen molar-refractivity contribution in [2.75, 3.05) is 0 Å². The second-order valence-corrected chi connectivity index (χ2v) is 8.35. The Morgan fingerprint density at radius 2 is 1.35 bits per heavy atom. The molecule has 0 aliphatic heterocycles. The lowest BCUT2D eigenvalue weighted by atomic mass is 10.0. The standard InChI is InChI=1S/C29H23F3N2/c30-25-10-6-21(7-11-25)22-9-13-29-27(14-22)24(19-34(29)18-20-4-2-1-3-5-20)17-33-16-23-8-12-26(31)15-28(23)32/h1-15,19,33H,16-18H2. The molecule has 5 aromatic rings. The summed E-state index contributed by atoms with van der Waals surface area (Å²) in [6.45, 7) is 1.52. The lowest BCUT2D eigenvalue weighted by Crippen LogP contribution is -2.13. The van der Waals surface area contributed by atoms with Gasteiger partial charge in [0.15, 0.2) is 0 Å². The van der Waals surface area contributed by atoms with Gasteiger partial charge in [0.1, 0.15) is 17.5 Å². The lowest BCUT2D eigenvalue weighted by Gasteiger charge is -2.07. The number of aromatic nitrogens is 1. The predicted molar refractivity (Wildman–Crippen MR) is 130 cm³/mol. The first-order chi connectivity index (χ1) is 16.6. The summed E-state index contributed by atoms with van der Waals surface area (Å²) in [7, 11) is 0. The Labute approximate surface area is 196 Å². The first-order valence-corrected chi connectivity index (χ1v) is 11.1. The highest BCUT2D eigenvalue weighted by Crippen LogP contribution is 2.29. The minimum atomic E-state index is -0.585. The van der Waals surface area contributed by atoms with E-state index in [1.54, 1.807) is 12.1 Å². The van der Waals surface area contributed by atoms with Gasteiger partial charge in [-0.05, 0) is 52.6 Å². The summed E-state index contributed by atoms with van der Waals surface area (Å²) in [5, 5.41) is 4.36. The third-order valence-electron chi connectivity index (χ3n) is 5.98. The van der Waals surface area contributed by atoms with Crippen LogP contribution in [0.1, 0.15) is 16.7 Å². The maximum absolute atomic E-state index is 14.0. The molecule has 5 heteroatoms. The summed E-state index contributed by atoms with van der Waals surface area (Å²) in [4.78, 5) is 0. The molecule has 0 amide bonds. The molecule has 4 aromatic carbocycles. The summed E-state index contributed by atoms with van der Waals surface area (Å²) in [5.74, 6) is -1.41. The van der Waals surface area contributed by atoms with Crippen molar-refractivity contribution in [3.63, 3.8) is 0 Å². The zero-order valence-electron chi connectivity index (χ0n) is 18.4. The molecule has 0 saturated heterocycles. The van der Waals surface area contributed by atoms with Crippen molar-refractivity contribution in [3.05, 3.63) is 131 Å². The summed E-state index contributed by atoms with van der Waals surface area (Å²) in [5.41, 5.74) is 5.69. The topological polar surface area (TPSA) is 17.0 Å². The number of hydrogen-bond acceptors (Lipinski definition) is 1. The van der Waals surface area contributed by atoms with E-state index in [4.69, 9.17) is 0 Å². The van der Waals surface area contributed by atoms with Gasteiger partial charge in [0.2, 0.25) is 0 Å². The van der Waals surface area contributed by atoms with E-state index in [0.29, 0.717) is 12.1 Å². The predicted octanol–water partition coefficient (Wildman–Crippen LogP) is 7.06. The fourth-order valence-electron chi connectivity index (χ4n) is 4.24. The molecule has 1 aromatic heterocycles. The van der Waals surface area contributed by atoms with E-state index in [9.17, 15) is 13.2 Å². The van der Waals surface area contributed by atoms with Crippen LogP contribution in [0.3, 0.4) is 0 Å². The molecule has 5 rings (SSSR count). The van der Waals surface area contributed by atoms with Crippen LogP contribution in [0, 0.1) is 17.5 Å². The van der Waals surface area contributed by atoms with Gasteiger partial charge in [-0.2, -0.15) is 0 Å². The van der Waals surface area contributed by atoms with Gasteiger partial charge in [-0.3, -0.25) is 0 Å². The number of halogens is 3. The molecule has 1 heterocycles. The normalized spacial score (nSPS) is 11.3. The minimum absolute atomic E-state index is 0.267. The van der Waals surface area contributed by atoms with Crippen molar-refractivity contribution in [2.24, 2.45) is 0 Å². The number of hydrogen-bond donors (Lipinski definition) is 1. The van der Waals surface area contributed by atoms with Crippen molar-refractivity contribution in [1.29, 1.82) is 0 Å². The molecule has 1 N–H and O–H groups in total. The number of nitrogens with zero attached hydrogens (tertiary/aromatic N) is 1. The van der Waals surface area contributed by atoms with Gasteiger partial charge in [0.05, 0.1) is 0 Å². The molecule has 0 saturated carbocycles. The molecule has 0 aliphatic carbocycles. The van der Waals surface area contributed by atoms with Crippen LogP contribution in [0.5, 0.6) is 0 Å². The highest BCUT2D eigenvalue weighted by Gasteiger charge is 2.12. The van der Waals surface area contributed by atoms with Crippen LogP contribution in [-0.2, 0) is 19.6 Å². The van der Waals surface area contributed by atoms with Crippen LogP contribution in [-0.4, -0.2) is 4.57 Å². The molecule has 2 nitrogen and oxygen atoms in total. The Morgan fingerprint density at radius 1 is 0.647 bits per heavy atom. The van der Waals surface area contributed by atoms with Crippen LogP contribution in [0.15, 0.2) is 97.2 Å². The van der Waals surface area contributed by atoms with E-state index in [1.165, 1.54) is 29.8 Å². The van der Waals surface area contributed by atoms with E-state index in [2.05, 4.69) is 40.3 Å². The van der Waals surface area contributed by atoms with Crippen molar-refractivity contribution in [2.45, 2.75) is 19.6 Å². The van der Waals surface area contributed by atoms with E-state index in [1.807, 2.05) is 24.3 Å². The summed E-state index contributed by atoms with van der Waals surface area (Å²) >= 11 is 0.